The van der Waals surface area contributed by atoms with Crippen LogP contribution in [0, 0.1) is 0 Å². The second-order valence-corrected chi connectivity index (χ2v) is 4.72. The van der Waals surface area contributed by atoms with Gasteiger partial charge < -0.3 is 11.1 Å². The molecule has 17 heavy (non-hydrogen) atoms. The highest BCUT2D eigenvalue weighted by molar-refractivity contribution is 6.32. The Morgan fingerprint density at radius 2 is 2.41 bits per heavy atom. The number of aromatic nitrogens is 2. The molecule has 0 amide bonds. The summed E-state index contributed by atoms with van der Waals surface area (Å²) in [5.41, 5.74) is 6.29. The molecular weight excluding hydrogens is 240 g/mol. The van der Waals surface area contributed by atoms with E-state index < -0.39 is 0 Å². The number of aryl methyl sites for hydroxylation is 1. The Bertz CT molecular complexity index is 459. The summed E-state index contributed by atoms with van der Waals surface area (Å²) in [5, 5.41) is 7.45. The zero-order valence-corrected chi connectivity index (χ0v) is 10.6. The lowest BCUT2D eigenvalue weighted by molar-refractivity contribution is 0.610. The fourth-order valence-corrected chi connectivity index (χ4v) is 2.36. The van der Waals surface area contributed by atoms with Gasteiger partial charge in [0.05, 0.1) is 11.9 Å². The molecule has 2 rings (SSSR count). The quantitative estimate of drug-likeness (QED) is 0.853. The monoisotopic (exact) mass is 256 g/mol. The van der Waals surface area contributed by atoms with Crippen LogP contribution in [-0.2, 0) is 6.54 Å². The molecule has 94 valence electrons. The van der Waals surface area contributed by atoms with Crippen LogP contribution >= 0.6 is 11.6 Å². The van der Waals surface area contributed by atoms with Gasteiger partial charge in [-0.2, -0.15) is 5.10 Å². The van der Waals surface area contributed by atoms with Gasteiger partial charge in [-0.05, 0) is 26.2 Å². The van der Waals surface area contributed by atoms with Crippen LogP contribution in [0.3, 0.4) is 0 Å². The maximum absolute atomic E-state index is 11.8. The van der Waals surface area contributed by atoms with Gasteiger partial charge in [0, 0.05) is 18.6 Å². The van der Waals surface area contributed by atoms with Crippen LogP contribution in [-0.4, -0.2) is 21.9 Å². The molecule has 0 aromatic carbocycles. The number of nitrogens with two attached hydrogens (primary N) is 1. The minimum absolute atomic E-state index is 0.125. The zero-order chi connectivity index (χ0) is 12.4. The Labute approximate surface area is 105 Å². The predicted octanol–water partition coefficient (Wildman–Crippen LogP) is 1.21. The Balaban J connectivity index is 2.22. The summed E-state index contributed by atoms with van der Waals surface area (Å²) in [5.74, 6) is 0. The average molecular weight is 257 g/mol. The summed E-state index contributed by atoms with van der Waals surface area (Å²) in [4.78, 5) is 11.8. The van der Waals surface area contributed by atoms with E-state index in [1.807, 2.05) is 6.92 Å². The van der Waals surface area contributed by atoms with Crippen LogP contribution in [0.25, 0.3) is 0 Å². The molecule has 1 aliphatic rings. The molecule has 1 saturated carbocycles. The molecule has 6 heteroatoms. The zero-order valence-electron chi connectivity index (χ0n) is 9.82. The van der Waals surface area contributed by atoms with Crippen molar-refractivity contribution in [3.8, 4) is 0 Å². The van der Waals surface area contributed by atoms with Gasteiger partial charge >= 0.3 is 0 Å². The molecule has 2 unspecified atom stereocenters. The van der Waals surface area contributed by atoms with Crippen LogP contribution in [0.15, 0.2) is 11.0 Å². The summed E-state index contributed by atoms with van der Waals surface area (Å²) in [6.07, 6.45) is 4.72. The van der Waals surface area contributed by atoms with E-state index in [0.717, 1.165) is 19.3 Å². The van der Waals surface area contributed by atoms with Crippen LogP contribution in [0.4, 0.5) is 5.69 Å². The van der Waals surface area contributed by atoms with Gasteiger partial charge in [0.1, 0.15) is 5.02 Å². The number of nitrogens with one attached hydrogen (secondary N) is 1. The number of halogens is 1. The summed E-state index contributed by atoms with van der Waals surface area (Å²) in [7, 11) is 0. The van der Waals surface area contributed by atoms with Gasteiger partial charge in [0.2, 0.25) is 0 Å². The minimum atomic E-state index is -0.259. The van der Waals surface area contributed by atoms with Crippen LogP contribution in [0.5, 0.6) is 0 Å². The van der Waals surface area contributed by atoms with E-state index in [1.54, 1.807) is 6.20 Å². The molecule has 2 atom stereocenters. The highest BCUT2D eigenvalue weighted by Gasteiger charge is 2.24. The summed E-state index contributed by atoms with van der Waals surface area (Å²) < 4.78 is 1.34. The van der Waals surface area contributed by atoms with Crippen LogP contribution in [0.2, 0.25) is 5.02 Å². The van der Waals surface area contributed by atoms with Crippen molar-refractivity contribution in [2.45, 2.75) is 44.8 Å². The van der Waals surface area contributed by atoms with Gasteiger partial charge in [-0.15, -0.1) is 0 Å². The highest BCUT2D eigenvalue weighted by atomic mass is 35.5. The van der Waals surface area contributed by atoms with Crippen molar-refractivity contribution < 1.29 is 0 Å². The topological polar surface area (TPSA) is 72.9 Å². The van der Waals surface area contributed by atoms with E-state index in [9.17, 15) is 4.79 Å². The third kappa shape index (κ3) is 2.45. The van der Waals surface area contributed by atoms with Crippen molar-refractivity contribution in [2.24, 2.45) is 5.73 Å². The summed E-state index contributed by atoms with van der Waals surface area (Å²) in [6, 6.07) is 0.311. The van der Waals surface area contributed by atoms with Crippen molar-refractivity contribution >= 4 is 17.3 Å². The highest BCUT2D eigenvalue weighted by Crippen LogP contribution is 2.24. The lowest BCUT2D eigenvalue weighted by Gasteiger charge is -2.19. The maximum Gasteiger partial charge on any atom is 0.287 e. The predicted molar refractivity (Wildman–Crippen MR) is 68.4 cm³/mol. The van der Waals surface area contributed by atoms with Crippen LogP contribution < -0.4 is 16.6 Å². The second kappa shape index (κ2) is 5.06. The van der Waals surface area contributed by atoms with Gasteiger partial charge in [-0.25, -0.2) is 4.68 Å². The molecule has 0 spiro atoms. The third-order valence-electron chi connectivity index (χ3n) is 3.19. The molecule has 1 heterocycles. The van der Waals surface area contributed by atoms with Gasteiger partial charge in [0.25, 0.3) is 5.56 Å². The smallest absolute Gasteiger partial charge is 0.287 e. The Kier molecular flexibility index (Phi) is 3.69. The summed E-state index contributed by atoms with van der Waals surface area (Å²) in [6.45, 7) is 2.37. The van der Waals surface area contributed by atoms with E-state index in [-0.39, 0.29) is 22.7 Å². The van der Waals surface area contributed by atoms with E-state index >= 15 is 0 Å². The number of nitrogens with zero attached hydrogens (tertiary/aromatic N) is 2. The standard InChI is InChI=1S/C11H17ClN4O/c1-2-16-11(17)10(12)9(6-14-16)15-8-5-3-4-7(8)13/h6-8,15H,2-5,13H2,1H3. The number of hydrogen-bond donors (Lipinski definition) is 2. The molecule has 1 aliphatic carbocycles. The molecule has 0 radical (unpaired) electrons. The van der Waals surface area contributed by atoms with Crippen LogP contribution in [0.1, 0.15) is 26.2 Å². The van der Waals surface area contributed by atoms with Gasteiger partial charge in [-0.3, -0.25) is 4.79 Å². The SMILES string of the molecule is CCn1ncc(NC2CCCC2N)c(Cl)c1=O. The lowest BCUT2D eigenvalue weighted by atomic mass is 10.2. The normalized spacial score (nSPS) is 23.9. The molecule has 1 fully saturated rings. The molecule has 5 nitrogen and oxygen atoms in total. The van der Waals surface area contributed by atoms with Crippen molar-refractivity contribution in [2.75, 3.05) is 5.32 Å². The third-order valence-corrected chi connectivity index (χ3v) is 3.56. The first kappa shape index (κ1) is 12.4. The largest absolute Gasteiger partial charge is 0.378 e. The van der Waals surface area contributed by atoms with Crippen molar-refractivity contribution in [1.82, 2.24) is 9.78 Å². The Morgan fingerprint density at radius 1 is 1.65 bits per heavy atom. The van der Waals surface area contributed by atoms with Gasteiger partial charge in [0.15, 0.2) is 0 Å². The lowest BCUT2D eigenvalue weighted by Crippen LogP contribution is -2.36. The van der Waals surface area contributed by atoms with Gasteiger partial charge in [-0.1, -0.05) is 11.6 Å². The van der Waals surface area contributed by atoms with E-state index in [0.29, 0.717) is 12.2 Å². The molecule has 3 N–H and O–H groups in total. The maximum atomic E-state index is 11.8. The van der Waals surface area contributed by atoms with Crippen molar-refractivity contribution in [3.63, 3.8) is 0 Å². The molecule has 0 bridgehead atoms. The number of hydrogen-bond acceptors (Lipinski definition) is 4. The summed E-state index contributed by atoms with van der Waals surface area (Å²) >= 11 is 6.03. The number of anilines is 1. The first-order valence-electron chi connectivity index (χ1n) is 5.91. The Morgan fingerprint density at radius 3 is 3.00 bits per heavy atom. The van der Waals surface area contributed by atoms with E-state index in [4.69, 9.17) is 17.3 Å². The Hall–Kier alpha value is -1.07. The number of rotatable bonds is 3. The molecule has 1 aromatic heterocycles. The van der Waals surface area contributed by atoms with Crippen molar-refractivity contribution in [1.29, 1.82) is 0 Å². The van der Waals surface area contributed by atoms with Crippen molar-refractivity contribution in [3.05, 3.63) is 21.6 Å². The van der Waals surface area contributed by atoms with E-state index in [2.05, 4.69) is 10.4 Å². The fraction of sp³-hybridized carbons (Fsp3) is 0.636. The molecule has 0 saturated heterocycles. The first-order valence-corrected chi connectivity index (χ1v) is 6.29. The van der Waals surface area contributed by atoms with E-state index in [1.165, 1.54) is 4.68 Å². The first-order chi connectivity index (χ1) is 8.13. The average Bonchev–Trinajstić information content (AvgIpc) is 2.71. The second-order valence-electron chi connectivity index (χ2n) is 4.34. The molecular formula is C11H17ClN4O. The molecule has 0 aliphatic heterocycles. The minimum Gasteiger partial charge on any atom is -0.378 e. The fourth-order valence-electron chi connectivity index (χ4n) is 2.16. The molecule has 1 aromatic rings.